The lowest BCUT2D eigenvalue weighted by atomic mass is 9.99. The Kier molecular flexibility index (Phi) is 8.24. The summed E-state index contributed by atoms with van der Waals surface area (Å²) in [5, 5.41) is 16.2. The van der Waals surface area contributed by atoms with Crippen LogP contribution in [0, 0.1) is 5.92 Å². The zero-order valence-corrected chi connectivity index (χ0v) is 20.5. The molecule has 0 aliphatic carbocycles. The van der Waals surface area contributed by atoms with Gasteiger partial charge in [0.05, 0.1) is 17.9 Å². The standard InChI is InChI=1S/C25H30N4O6S/c30-24(28-15-23(25(31)32)29-36(33,34)20-4-2-1-3-5-20)12-18-14-27-22-7-6-19(13-21(18)22)35-16-17-8-10-26-11-9-17/h1-7,13-14,17,23,26-27,29H,8-12,15-16H2,(H,28,30)(H,31,32)/t23-/m0/s1. The van der Waals surface area contributed by atoms with Crippen LogP contribution in [0.4, 0.5) is 0 Å². The fraction of sp³-hybridized carbons (Fsp3) is 0.360. The normalized spacial score (nSPS) is 15.4. The van der Waals surface area contributed by atoms with Gasteiger partial charge < -0.3 is 25.5 Å². The third-order valence-corrected chi connectivity index (χ3v) is 7.67. The molecule has 1 atom stereocenters. The molecule has 10 nitrogen and oxygen atoms in total. The minimum Gasteiger partial charge on any atom is -0.493 e. The van der Waals surface area contributed by atoms with Gasteiger partial charge in [-0.05, 0) is 67.7 Å². The molecule has 0 radical (unpaired) electrons. The van der Waals surface area contributed by atoms with Crippen molar-refractivity contribution < 1.29 is 27.9 Å². The van der Waals surface area contributed by atoms with Gasteiger partial charge in [0, 0.05) is 23.6 Å². The number of aromatic nitrogens is 1. The lowest BCUT2D eigenvalue weighted by molar-refractivity contribution is -0.138. The van der Waals surface area contributed by atoms with E-state index in [-0.39, 0.29) is 11.3 Å². The number of piperidine rings is 1. The van der Waals surface area contributed by atoms with E-state index >= 15 is 0 Å². The first-order valence-corrected chi connectivity index (χ1v) is 13.3. The summed E-state index contributed by atoms with van der Waals surface area (Å²) in [6.45, 7) is 2.25. The van der Waals surface area contributed by atoms with Crippen molar-refractivity contribution in [3.63, 3.8) is 0 Å². The summed E-state index contributed by atoms with van der Waals surface area (Å²) in [6, 6.07) is 11.6. The fourth-order valence-electron chi connectivity index (χ4n) is 4.14. The van der Waals surface area contributed by atoms with Gasteiger partial charge in [-0.15, -0.1) is 0 Å². The highest BCUT2D eigenvalue weighted by atomic mass is 32.2. The number of carboxylic acid groups (broad SMARTS) is 1. The van der Waals surface area contributed by atoms with E-state index in [2.05, 4.69) is 20.3 Å². The second-order valence-corrected chi connectivity index (χ2v) is 10.5. The first kappa shape index (κ1) is 25.7. The van der Waals surface area contributed by atoms with Crippen molar-refractivity contribution >= 4 is 32.8 Å². The van der Waals surface area contributed by atoms with Gasteiger partial charge in [-0.3, -0.25) is 9.59 Å². The molecule has 2 aromatic carbocycles. The van der Waals surface area contributed by atoms with Gasteiger partial charge >= 0.3 is 5.97 Å². The minimum absolute atomic E-state index is 0.00444. The van der Waals surface area contributed by atoms with Crippen LogP contribution in [0.1, 0.15) is 18.4 Å². The molecule has 0 bridgehead atoms. The second kappa shape index (κ2) is 11.5. The van der Waals surface area contributed by atoms with E-state index in [1.165, 1.54) is 24.3 Å². The first-order valence-electron chi connectivity index (χ1n) is 11.8. The topological polar surface area (TPSA) is 150 Å². The summed E-state index contributed by atoms with van der Waals surface area (Å²) in [4.78, 5) is 27.3. The molecule has 2 heterocycles. The average Bonchev–Trinajstić information content (AvgIpc) is 3.28. The SMILES string of the molecule is O=C(Cc1c[nH]c2ccc(OCC3CCNCC3)cc12)NC[C@H](NS(=O)(=O)c1ccccc1)C(=O)O. The third kappa shape index (κ3) is 6.62. The molecule has 1 saturated heterocycles. The Morgan fingerprint density at radius 3 is 2.58 bits per heavy atom. The molecule has 1 fully saturated rings. The maximum Gasteiger partial charge on any atom is 0.323 e. The molecule has 0 saturated carbocycles. The quantitative estimate of drug-likeness (QED) is 0.261. The molecule has 0 unspecified atom stereocenters. The monoisotopic (exact) mass is 514 g/mol. The van der Waals surface area contributed by atoms with Crippen LogP contribution >= 0.6 is 0 Å². The number of benzene rings is 2. The maximum absolute atomic E-state index is 12.6. The highest BCUT2D eigenvalue weighted by Crippen LogP contribution is 2.25. The molecule has 0 spiro atoms. The van der Waals surface area contributed by atoms with Gasteiger partial charge in [0.1, 0.15) is 11.8 Å². The summed E-state index contributed by atoms with van der Waals surface area (Å²) in [5.74, 6) is -0.581. The number of aliphatic carboxylic acids is 1. The van der Waals surface area contributed by atoms with Crippen LogP contribution in [0.5, 0.6) is 5.75 Å². The summed E-state index contributed by atoms with van der Waals surface area (Å²) >= 11 is 0. The van der Waals surface area contributed by atoms with Crippen molar-refractivity contribution in [2.45, 2.75) is 30.2 Å². The summed E-state index contributed by atoms with van der Waals surface area (Å²) < 4.78 is 33.1. The predicted molar refractivity (Wildman–Crippen MR) is 134 cm³/mol. The molecule has 1 aromatic heterocycles. The van der Waals surface area contributed by atoms with Gasteiger partial charge in [-0.2, -0.15) is 4.72 Å². The number of sulfonamides is 1. The lowest BCUT2D eigenvalue weighted by Crippen LogP contribution is -2.48. The van der Waals surface area contributed by atoms with Gasteiger partial charge in [0.15, 0.2) is 0 Å². The van der Waals surface area contributed by atoms with Crippen LogP contribution in [0.25, 0.3) is 10.9 Å². The Balaban J connectivity index is 1.35. The Hall–Kier alpha value is -3.41. The number of aromatic amines is 1. The minimum atomic E-state index is -4.05. The Morgan fingerprint density at radius 1 is 1.11 bits per heavy atom. The molecular formula is C25H30N4O6S. The summed E-state index contributed by atoms with van der Waals surface area (Å²) in [7, 11) is -4.05. The molecule has 4 rings (SSSR count). The Morgan fingerprint density at radius 2 is 1.86 bits per heavy atom. The molecule has 1 aliphatic heterocycles. The number of nitrogens with one attached hydrogen (secondary N) is 4. The maximum atomic E-state index is 12.6. The van der Waals surface area contributed by atoms with Gasteiger partial charge in [0.25, 0.3) is 0 Å². The van der Waals surface area contributed by atoms with Crippen LogP contribution in [0.15, 0.2) is 59.6 Å². The van der Waals surface area contributed by atoms with E-state index < -0.39 is 34.5 Å². The van der Waals surface area contributed by atoms with Crippen molar-refractivity contribution in [3.8, 4) is 5.75 Å². The third-order valence-electron chi connectivity index (χ3n) is 6.19. The van der Waals surface area contributed by atoms with Crippen molar-refractivity contribution in [1.29, 1.82) is 0 Å². The largest absolute Gasteiger partial charge is 0.493 e. The van der Waals surface area contributed by atoms with Crippen LogP contribution < -0.4 is 20.1 Å². The average molecular weight is 515 g/mol. The molecule has 36 heavy (non-hydrogen) atoms. The van der Waals surface area contributed by atoms with E-state index in [1.807, 2.05) is 18.2 Å². The molecule has 5 N–H and O–H groups in total. The Labute approximate surface area is 209 Å². The summed E-state index contributed by atoms with van der Waals surface area (Å²) in [5.41, 5.74) is 1.58. The molecule has 192 valence electrons. The second-order valence-electron chi connectivity index (χ2n) is 8.83. The predicted octanol–water partition coefficient (Wildman–Crippen LogP) is 1.64. The Bertz CT molecular complexity index is 1300. The zero-order chi connectivity index (χ0) is 25.5. The van der Waals surface area contributed by atoms with Crippen LogP contribution in [0.2, 0.25) is 0 Å². The molecular weight excluding hydrogens is 484 g/mol. The zero-order valence-electron chi connectivity index (χ0n) is 19.7. The number of hydrogen-bond donors (Lipinski definition) is 5. The number of H-pyrrole nitrogens is 1. The van der Waals surface area contributed by atoms with Crippen LogP contribution in [0.3, 0.4) is 0 Å². The smallest absolute Gasteiger partial charge is 0.323 e. The molecule has 11 heteroatoms. The number of carboxylic acids is 1. The van der Waals surface area contributed by atoms with E-state index in [0.717, 1.165) is 48.1 Å². The number of ether oxygens (including phenoxy) is 1. The highest BCUT2D eigenvalue weighted by molar-refractivity contribution is 7.89. The summed E-state index contributed by atoms with van der Waals surface area (Å²) in [6.07, 6.45) is 3.89. The van der Waals surface area contributed by atoms with Gasteiger partial charge in [-0.1, -0.05) is 18.2 Å². The van der Waals surface area contributed by atoms with Crippen molar-refractivity contribution in [2.75, 3.05) is 26.2 Å². The molecule has 3 aromatic rings. The molecule has 1 aliphatic rings. The van der Waals surface area contributed by atoms with Gasteiger partial charge in [0.2, 0.25) is 15.9 Å². The van der Waals surface area contributed by atoms with E-state index in [0.29, 0.717) is 12.5 Å². The van der Waals surface area contributed by atoms with Crippen molar-refractivity contribution in [1.82, 2.24) is 20.3 Å². The number of amides is 1. The van der Waals surface area contributed by atoms with Crippen molar-refractivity contribution in [2.24, 2.45) is 5.92 Å². The van der Waals surface area contributed by atoms with E-state index in [9.17, 15) is 23.1 Å². The van der Waals surface area contributed by atoms with Gasteiger partial charge in [-0.25, -0.2) is 8.42 Å². The number of hydrogen-bond acceptors (Lipinski definition) is 6. The number of rotatable bonds is 11. The van der Waals surface area contributed by atoms with Crippen LogP contribution in [-0.4, -0.2) is 62.7 Å². The number of carbonyl (C=O) groups excluding carboxylic acids is 1. The lowest BCUT2D eigenvalue weighted by Gasteiger charge is -2.22. The molecule has 1 amide bonds. The number of fused-ring (bicyclic) bond motifs is 1. The first-order chi connectivity index (χ1) is 17.3. The number of carbonyl (C=O) groups is 2. The highest BCUT2D eigenvalue weighted by Gasteiger charge is 2.26. The van der Waals surface area contributed by atoms with Crippen LogP contribution in [-0.2, 0) is 26.0 Å². The van der Waals surface area contributed by atoms with E-state index in [1.54, 1.807) is 12.3 Å². The van der Waals surface area contributed by atoms with E-state index in [4.69, 9.17) is 4.74 Å². The fourth-order valence-corrected chi connectivity index (χ4v) is 5.35. The van der Waals surface area contributed by atoms with Crippen molar-refractivity contribution in [3.05, 3.63) is 60.3 Å².